The summed E-state index contributed by atoms with van der Waals surface area (Å²) in [5, 5.41) is 3.75. The Hall–Kier alpha value is -6.78. The van der Waals surface area contributed by atoms with E-state index in [-0.39, 0.29) is 6.17 Å². The van der Waals surface area contributed by atoms with Gasteiger partial charge in [-0.3, -0.25) is 0 Å². The monoisotopic (exact) mass is 654 g/mol. The first-order valence-corrected chi connectivity index (χ1v) is 17.3. The molecule has 1 atom stereocenters. The summed E-state index contributed by atoms with van der Waals surface area (Å²) in [5.74, 6) is 0.705. The summed E-state index contributed by atoms with van der Waals surface area (Å²) >= 11 is 0. The molecule has 1 aliphatic rings. The molecule has 8 aromatic rings. The predicted octanol–water partition coefficient (Wildman–Crippen LogP) is 12.1. The zero-order valence-corrected chi connectivity index (χ0v) is 27.9. The Kier molecular flexibility index (Phi) is 7.88. The second-order valence-corrected chi connectivity index (χ2v) is 12.7. The van der Waals surface area contributed by atoms with Gasteiger partial charge in [0.15, 0.2) is 5.82 Å². The van der Waals surface area contributed by atoms with E-state index in [4.69, 9.17) is 9.97 Å². The summed E-state index contributed by atoms with van der Waals surface area (Å²) in [6, 6.07) is 67.9. The van der Waals surface area contributed by atoms with Crippen LogP contribution in [0, 0.1) is 0 Å². The van der Waals surface area contributed by atoms with Crippen LogP contribution in [0.4, 0.5) is 17.1 Å². The number of nitrogens with one attached hydrogen (secondary N) is 1. The maximum absolute atomic E-state index is 5.26. The summed E-state index contributed by atoms with van der Waals surface area (Å²) in [6.45, 7) is 0. The zero-order valence-electron chi connectivity index (χ0n) is 27.9. The van der Waals surface area contributed by atoms with Crippen LogP contribution in [-0.2, 0) is 0 Å². The molecule has 4 nitrogen and oxygen atoms in total. The Morgan fingerprint density at radius 2 is 0.843 bits per heavy atom. The number of anilines is 3. The highest BCUT2D eigenvalue weighted by Gasteiger charge is 2.30. The van der Waals surface area contributed by atoms with Crippen molar-refractivity contribution in [3.8, 4) is 56.2 Å². The van der Waals surface area contributed by atoms with Gasteiger partial charge < -0.3 is 10.2 Å². The Balaban J connectivity index is 1.09. The van der Waals surface area contributed by atoms with Crippen molar-refractivity contribution in [2.24, 2.45) is 0 Å². The fraction of sp³-hybridized carbons (Fsp3) is 0.0213. The van der Waals surface area contributed by atoms with Crippen LogP contribution in [-0.4, -0.2) is 9.97 Å². The van der Waals surface area contributed by atoms with Crippen molar-refractivity contribution < 1.29 is 0 Å². The molecule has 1 N–H and O–H groups in total. The molecule has 9 rings (SSSR count). The van der Waals surface area contributed by atoms with Gasteiger partial charge in [-0.2, -0.15) is 0 Å². The van der Waals surface area contributed by atoms with E-state index < -0.39 is 0 Å². The molecule has 0 saturated heterocycles. The molecule has 4 heteroatoms. The van der Waals surface area contributed by atoms with Gasteiger partial charge in [0.05, 0.1) is 22.8 Å². The van der Waals surface area contributed by atoms with Gasteiger partial charge in [0.25, 0.3) is 0 Å². The highest BCUT2D eigenvalue weighted by Crippen LogP contribution is 2.46. The Bertz CT molecular complexity index is 2410. The van der Waals surface area contributed by atoms with E-state index in [1.807, 2.05) is 30.3 Å². The third-order valence-corrected chi connectivity index (χ3v) is 9.52. The molecule has 1 unspecified atom stereocenters. The van der Waals surface area contributed by atoms with Crippen molar-refractivity contribution in [1.82, 2.24) is 9.97 Å². The molecule has 1 aromatic heterocycles. The standard InChI is InChI=1S/C47H34N4/c1-5-15-35(16-6-1)43-44(36-17-7-2-8-18-36)49-46(38-19-9-3-10-20-38)50-45(43)37-29-25-33(26-30-37)34-27-31-39(32-28-34)47-48-41-23-13-14-24-42(41)51(47)40-21-11-4-12-22-40/h1-32,47-48H. The molecule has 0 radical (unpaired) electrons. The molecule has 242 valence electrons. The van der Waals surface area contributed by atoms with E-state index >= 15 is 0 Å². The molecule has 2 heterocycles. The summed E-state index contributed by atoms with van der Waals surface area (Å²) in [4.78, 5) is 12.8. The van der Waals surface area contributed by atoms with Crippen molar-refractivity contribution in [3.63, 3.8) is 0 Å². The first-order valence-electron chi connectivity index (χ1n) is 17.3. The van der Waals surface area contributed by atoms with E-state index in [1.165, 1.54) is 11.3 Å². The number of para-hydroxylation sites is 3. The van der Waals surface area contributed by atoms with Crippen molar-refractivity contribution in [2.45, 2.75) is 6.17 Å². The fourth-order valence-corrected chi connectivity index (χ4v) is 7.01. The summed E-state index contributed by atoms with van der Waals surface area (Å²) in [5.41, 5.74) is 14.0. The van der Waals surface area contributed by atoms with Crippen LogP contribution < -0.4 is 10.2 Å². The molecule has 1 aliphatic heterocycles. The van der Waals surface area contributed by atoms with Crippen LogP contribution in [0.25, 0.3) is 56.2 Å². The summed E-state index contributed by atoms with van der Waals surface area (Å²) in [6.07, 6.45) is -0.00646. The molecule has 7 aromatic carbocycles. The molecule has 0 spiro atoms. The SMILES string of the molecule is c1ccc(-c2nc(-c3ccccc3)c(-c3ccccc3)c(-c3ccc(-c4ccc(C5Nc6ccccc6N5c5ccccc5)cc4)cc3)n2)cc1. The van der Waals surface area contributed by atoms with Crippen LogP contribution in [0.1, 0.15) is 11.7 Å². The van der Waals surface area contributed by atoms with E-state index in [9.17, 15) is 0 Å². The van der Waals surface area contributed by atoms with E-state index in [1.54, 1.807) is 0 Å². The fourth-order valence-electron chi connectivity index (χ4n) is 7.01. The zero-order chi connectivity index (χ0) is 34.0. The normalized spacial score (nSPS) is 13.4. The van der Waals surface area contributed by atoms with Gasteiger partial charge in [-0.25, -0.2) is 9.97 Å². The van der Waals surface area contributed by atoms with Gasteiger partial charge in [-0.05, 0) is 46.5 Å². The lowest BCUT2D eigenvalue weighted by Crippen LogP contribution is -2.23. The van der Waals surface area contributed by atoms with Crippen molar-refractivity contribution in [2.75, 3.05) is 10.2 Å². The minimum atomic E-state index is -0.00646. The van der Waals surface area contributed by atoms with Crippen molar-refractivity contribution in [1.29, 1.82) is 0 Å². The van der Waals surface area contributed by atoms with Gasteiger partial charge >= 0.3 is 0 Å². The number of hydrogen-bond acceptors (Lipinski definition) is 4. The molecule has 0 saturated carbocycles. The smallest absolute Gasteiger partial charge is 0.160 e. The molecule has 51 heavy (non-hydrogen) atoms. The lowest BCUT2D eigenvalue weighted by atomic mass is 9.93. The number of nitrogens with zero attached hydrogens (tertiary/aromatic N) is 3. The average molecular weight is 655 g/mol. The minimum Gasteiger partial charge on any atom is -0.359 e. The molecule has 0 aliphatic carbocycles. The maximum Gasteiger partial charge on any atom is 0.160 e. The summed E-state index contributed by atoms with van der Waals surface area (Å²) in [7, 11) is 0. The number of fused-ring (bicyclic) bond motifs is 1. The number of hydrogen-bond donors (Lipinski definition) is 1. The van der Waals surface area contributed by atoms with Crippen LogP contribution in [0.2, 0.25) is 0 Å². The Morgan fingerprint density at radius 1 is 0.392 bits per heavy atom. The van der Waals surface area contributed by atoms with Gasteiger partial charge in [0, 0.05) is 27.9 Å². The highest BCUT2D eigenvalue weighted by molar-refractivity contribution is 5.92. The van der Waals surface area contributed by atoms with Gasteiger partial charge in [0.2, 0.25) is 0 Å². The number of aromatic nitrogens is 2. The van der Waals surface area contributed by atoms with Crippen LogP contribution in [0.15, 0.2) is 194 Å². The molecular weight excluding hydrogens is 621 g/mol. The van der Waals surface area contributed by atoms with Gasteiger partial charge in [-0.1, -0.05) is 170 Å². The van der Waals surface area contributed by atoms with Crippen LogP contribution in [0.5, 0.6) is 0 Å². The highest BCUT2D eigenvalue weighted by atomic mass is 15.3. The minimum absolute atomic E-state index is 0.00646. The average Bonchev–Trinajstić information content (AvgIpc) is 3.62. The van der Waals surface area contributed by atoms with E-state index in [2.05, 4.69) is 174 Å². The van der Waals surface area contributed by atoms with Crippen molar-refractivity contribution >= 4 is 17.1 Å². The van der Waals surface area contributed by atoms with E-state index in [0.717, 1.165) is 61.7 Å². The lowest BCUT2D eigenvalue weighted by Gasteiger charge is -2.27. The third kappa shape index (κ3) is 5.83. The van der Waals surface area contributed by atoms with Crippen LogP contribution in [0.3, 0.4) is 0 Å². The number of rotatable bonds is 7. The topological polar surface area (TPSA) is 41.1 Å². The van der Waals surface area contributed by atoms with Gasteiger partial charge in [-0.15, -0.1) is 0 Å². The first kappa shape index (κ1) is 30.3. The maximum atomic E-state index is 5.26. The first-order chi connectivity index (χ1) is 25.3. The molecule has 0 amide bonds. The second-order valence-electron chi connectivity index (χ2n) is 12.7. The second kappa shape index (κ2) is 13.3. The molecule has 0 fully saturated rings. The number of benzene rings is 7. The summed E-state index contributed by atoms with van der Waals surface area (Å²) < 4.78 is 0. The molecular formula is C47H34N4. The predicted molar refractivity (Wildman–Crippen MR) is 211 cm³/mol. The van der Waals surface area contributed by atoms with Gasteiger partial charge in [0.1, 0.15) is 6.17 Å². The largest absolute Gasteiger partial charge is 0.359 e. The van der Waals surface area contributed by atoms with Crippen LogP contribution >= 0.6 is 0 Å². The van der Waals surface area contributed by atoms with Crippen molar-refractivity contribution in [3.05, 3.63) is 200 Å². The Labute approximate surface area is 298 Å². The quantitative estimate of drug-likeness (QED) is 0.186. The molecule has 0 bridgehead atoms. The lowest BCUT2D eigenvalue weighted by molar-refractivity contribution is 0.828. The third-order valence-electron chi connectivity index (χ3n) is 9.52. The Morgan fingerprint density at radius 3 is 1.45 bits per heavy atom. The van der Waals surface area contributed by atoms with E-state index in [0.29, 0.717) is 5.82 Å².